The van der Waals surface area contributed by atoms with Gasteiger partial charge in [0.05, 0.1) is 12.8 Å². The van der Waals surface area contributed by atoms with E-state index in [0.29, 0.717) is 24.0 Å². The Hall–Kier alpha value is -1.78. The van der Waals surface area contributed by atoms with Crippen molar-refractivity contribution in [1.82, 2.24) is 14.6 Å². The maximum Gasteiger partial charge on any atom is 0.219 e. The second-order valence-electron chi connectivity index (χ2n) is 2.97. The van der Waals surface area contributed by atoms with E-state index in [1.54, 1.807) is 22.8 Å². The predicted octanol–water partition coefficient (Wildman–Crippen LogP) is 1.10. The Kier molecular flexibility index (Phi) is 2.22. The third kappa shape index (κ3) is 1.48. The van der Waals surface area contributed by atoms with Gasteiger partial charge in [-0.15, -0.1) is 0 Å². The molecule has 0 aliphatic carbocycles. The van der Waals surface area contributed by atoms with Gasteiger partial charge in [-0.3, -0.25) is 0 Å². The second-order valence-corrected chi connectivity index (χ2v) is 2.97. The van der Waals surface area contributed by atoms with Crippen LogP contribution in [-0.4, -0.2) is 21.2 Å². The summed E-state index contributed by atoms with van der Waals surface area (Å²) < 4.78 is 6.95. The molecule has 2 N–H and O–H groups in total. The molecule has 0 unspecified atom stereocenters. The van der Waals surface area contributed by atoms with Crippen LogP contribution in [0.25, 0.3) is 5.65 Å². The van der Waals surface area contributed by atoms with Gasteiger partial charge in [0.25, 0.3) is 0 Å². The molecular formula is C9H12N4O. The molecule has 0 bridgehead atoms. The van der Waals surface area contributed by atoms with E-state index in [4.69, 9.17) is 10.5 Å². The lowest BCUT2D eigenvalue weighted by atomic mass is 10.5. The molecule has 0 radical (unpaired) electrons. The van der Waals surface area contributed by atoms with Gasteiger partial charge in [0.2, 0.25) is 5.88 Å². The van der Waals surface area contributed by atoms with Gasteiger partial charge in [-0.1, -0.05) is 6.92 Å². The lowest BCUT2D eigenvalue weighted by Gasteiger charge is -2.05. The summed E-state index contributed by atoms with van der Waals surface area (Å²) in [7, 11) is 0. The average Bonchev–Trinajstić information content (AvgIpc) is 2.63. The highest BCUT2D eigenvalue weighted by molar-refractivity contribution is 5.48. The Labute approximate surface area is 81.5 Å². The van der Waals surface area contributed by atoms with Crippen molar-refractivity contribution in [2.24, 2.45) is 0 Å². The van der Waals surface area contributed by atoms with Gasteiger partial charge in [-0.25, -0.2) is 0 Å². The fraction of sp³-hybridized carbons (Fsp3) is 0.333. The second kappa shape index (κ2) is 3.53. The molecule has 0 aliphatic rings. The summed E-state index contributed by atoms with van der Waals surface area (Å²) in [6.07, 6.45) is 2.61. The van der Waals surface area contributed by atoms with Crippen LogP contribution in [0.5, 0.6) is 5.88 Å². The summed E-state index contributed by atoms with van der Waals surface area (Å²) in [4.78, 5) is 4.23. The fourth-order valence-corrected chi connectivity index (χ4v) is 1.19. The number of ether oxygens (including phenoxy) is 1. The Morgan fingerprint density at radius 3 is 3.21 bits per heavy atom. The van der Waals surface area contributed by atoms with Gasteiger partial charge in [0.15, 0.2) is 5.65 Å². The van der Waals surface area contributed by atoms with Crippen LogP contribution < -0.4 is 10.5 Å². The molecule has 2 aromatic heterocycles. The van der Waals surface area contributed by atoms with E-state index in [9.17, 15) is 0 Å². The number of rotatable bonds is 3. The standard InChI is InChI=1S/C9H12N4O/c1-2-5-14-9-6-7(10)13-8(12-9)3-4-11-13/h3-4,6H,2,5,10H2,1H3. The first-order valence-electron chi connectivity index (χ1n) is 4.54. The summed E-state index contributed by atoms with van der Waals surface area (Å²) >= 11 is 0. The number of hydrogen-bond acceptors (Lipinski definition) is 4. The van der Waals surface area contributed by atoms with Crippen molar-refractivity contribution in [3.8, 4) is 5.88 Å². The number of fused-ring (bicyclic) bond motifs is 1. The summed E-state index contributed by atoms with van der Waals surface area (Å²) in [5.41, 5.74) is 6.46. The number of nitrogens with zero attached hydrogens (tertiary/aromatic N) is 3. The summed E-state index contributed by atoms with van der Waals surface area (Å²) in [6, 6.07) is 3.46. The van der Waals surface area contributed by atoms with Crippen molar-refractivity contribution >= 4 is 11.5 Å². The first-order chi connectivity index (χ1) is 6.81. The normalized spacial score (nSPS) is 10.6. The van der Waals surface area contributed by atoms with E-state index in [1.807, 2.05) is 6.92 Å². The largest absolute Gasteiger partial charge is 0.478 e. The lowest BCUT2D eigenvalue weighted by molar-refractivity contribution is 0.306. The first-order valence-corrected chi connectivity index (χ1v) is 4.54. The van der Waals surface area contributed by atoms with Crippen LogP contribution in [0.3, 0.4) is 0 Å². The number of anilines is 1. The molecule has 0 saturated heterocycles. The first kappa shape index (κ1) is 8.80. The summed E-state index contributed by atoms with van der Waals surface area (Å²) in [5, 5.41) is 4.01. The Bertz CT molecular complexity index is 437. The maximum atomic E-state index is 5.75. The smallest absolute Gasteiger partial charge is 0.219 e. The van der Waals surface area contributed by atoms with E-state index in [0.717, 1.165) is 6.42 Å². The van der Waals surface area contributed by atoms with Crippen LogP contribution in [0.1, 0.15) is 13.3 Å². The van der Waals surface area contributed by atoms with Crippen LogP contribution in [0.4, 0.5) is 5.82 Å². The number of nitrogens with two attached hydrogens (primary N) is 1. The van der Waals surface area contributed by atoms with E-state index in [-0.39, 0.29) is 0 Å². The van der Waals surface area contributed by atoms with Crippen LogP contribution in [0.2, 0.25) is 0 Å². The van der Waals surface area contributed by atoms with Gasteiger partial charge in [0, 0.05) is 12.1 Å². The molecule has 0 amide bonds. The van der Waals surface area contributed by atoms with Crippen molar-refractivity contribution in [3.05, 3.63) is 18.3 Å². The molecule has 2 heterocycles. The topological polar surface area (TPSA) is 65.4 Å². The molecule has 0 fully saturated rings. The third-order valence-corrected chi connectivity index (χ3v) is 1.82. The zero-order chi connectivity index (χ0) is 9.97. The molecule has 74 valence electrons. The Morgan fingerprint density at radius 1 is 1.57 bits per heavy atom. The molecule has 0 aliphatic heterocycles. The van der Waals surface area contributed by atoms with Crippen LogP contribution in [0, 0.1) is 0 Å². The molecule has 0 saturated carbocycles. The van der Waals surface area contributed by atoms with Gasteiger partial charge < -0.3 is 10.5 Å². The van der Waals surface area contributed by atoms with E-state index in [2.05, 4.69) is 10.1 Å². The lowest BCUT2D eigenvalue weighted by Crippen LogP contribution is -2.03. The molecule has 0 aromatic carbocycles. The highest BCUT2D eigenvalue weighted by atomic mass is 16.5. The van der Waals surface area contributed by atoms with E-state index < -0.39 is 0 Å². The maximum absolute atomic E-state index is 5.75. The molecule has 2 aromatic rings. The van der Waals surface area contributed by atoms with E-state index >= 15 is 0 Å². The monoisotopic (exact) mass is 192 g/mol. The van der Waals surface area contributed by atoms with Crippen LogP contribution in [0.15, 0.2) is 18.3 Å². The van der Waals surface area contributed by atoms with Crippen molar-refractivity contribution in [3.63, 3.8) is 0 Å². The van der Waals surface area contributed by atoms with Crippen molar-refractivity contribution in [2.75, 3.05) is 12.3 Å². The van der Waals surface area contributed by atoms with Crippen molar-refractivity contribution in [1.29, 1.82) is 0 Å². The van der Waals surface area contributed by atoms with Crippen LogP contribution >= 0.6 is 0 Å². The van der Waals surface area contributed by atoms with Crippen molar-refractivity contribution in [2.45, 2.75) is 13.3 Å². The molecule has 0 atom stereocenters. The van der Waals surface area contributed by atoms with Crippen molar-refractivity contribution < 1.29 is 4.74 Å². The molecule has 2 rings (SSSR count). The zero-order valence-corrected chi connectivity index (χ0v) is 7.97. The SMILES string of the molecule is CCCOc1cc(N)n2nccc2n1. The Morgan fingerprint density at radius 2 is 2.43 bits per heavy atom. The van der Waals surface area contributed by atoms with Gasteiger partial charge in [0.1, 0.15) is 5.82 Å². The number of nitrogen functional groups attached to an aromatic ring is 1. The van der Waals surface area contributed by atoms with Gasteiger partial charge >= 0.3 is 0 Å². The Balaban J connectivity index is 2.38. The zero-order valence-electron chi connectivity index (χ0n) is 7.97. The molecule has 5 heteroatoms. The molecule has 0 spiro atoms. The minimum absolute atomic E-state index is 0.533. The minimum Gasteiger partial charge on any atom is -0.478 e. The highest BCUT2D eigenvalue weighted by Crippen LogP contribution is 2.14. The molecule has 5 nitrogen and oxygen atoms in total. The predicted molar refractivity (Wildman–Crippen MR) is 53.2 cm³/mol. The molecule has 14 heavy (non-hydrogen) atoms. The summed E-state index contributed by atoms with van der Waals surface area (Å²) in [5.74, 6) is 1.09. The number of hydrogen-bond donors (Lipinski definition) is 1. The number of aromatic nitrogens is 3. The summed E-state index contributed by atoms with van der Waals surface area (Å²) in [6.45, 7) is 2.69. The molecular weight excluding hydrogens is 180 g/mol. The fourth-order valence-electron chi connectivity index (χ4n) is 1.19. The van der Waals surface area contributed by atoms with E-state index in [1.165, 1.54) is 0 Å². The van der Waals surface area contributed by atoms with Crippen LogP contribution in [-0.2, 0) is 0 Å². The third-order valence-electron chi connectivity index (χ3n) is 1.82. The van der Waals surface area contributed by atoms with Gasteiger partial charge in [-0.2, -0.15) is 14.6 Å². The highest BCUT2D eigenvalue weighted by Gasteiger charge is 2.03. The van der Waals surface area contributed by atoms with Gasteiger partial charge in [-0.05, 0) is 6.42 Å². The minimum atomic E-state index is 0.533. The average molecular weight is 192 g/mol. The quantitative estimate of drug-likeness (QED) is 0.790.